The Hall–Kier alpha value is -3.30. The molecule has 0 bridgehead atoms. The molecule has 2 aliphatic rings. The molecule has 1 aliphatic heterocycles. The average Bonchev–Trinajstić information content (AvgIpc) is 2.88. The predicted octanol–water partition coefficient (Wildman–Crippen LogP) is 5.28. The number of hydrogen-bond donors (Lipinski definition) is 0. The monoisotopic (exact) mass is 514 g/mol. The Balaban J connectivity index is 1.34. The van der Waals surface area contributed by atoms with Gasteiger partial charge in [0.1, 0.15) is 18.1 Å². The van der Waals surface area contributed by atoms with Crippen LogP contribution in [0, 0.1) is 5.82 Å². The molecule has 0 spiro atoms. The molecule has 1 unspecified atom stereocenters. The second-order valence-electron chi connectivity index (χ2n) is 9.35. The van der Waals surface area contributed by atoms with Crippen LogP contribution >= 0.6 is 0 Å². The Morgan fingerprint density at radius 1 is 1.08 bits per heavy atom. The number of ether oxygens (including phenoxy) is 2. The molecule has 2 aromatic carbocycles. The van der Waals surface area contributed by atoms with E-state index in [1.165, 1.54) is 0 Å². The summed E-state index contributed by atoms with van der Waals surface area (Å²) in [4.78, 5) is 19.2. The molecule has 1 atom stereocenters. The van der Waals surface area contributed by atoms with Gasteiger partial charge >= 0.3 is 12.1 Å². The van der Waals surface area contributed by atoms with E-state index in [0.29, 0.717) is 32.2 Å². The molecular weight excluding hydrogens is 488 g/mol. The van der Waals surface area contributed by atoms with E-state index in [9.17, 15) is 22.4 Å². The van der Waals surface area contributed by atoms with Gasteiger partial charge in [-0.3, -0.25) is 4.90 Å². The first-order valence-electron chi connectivity index (χ1n) is 12.2. The van der Waals surface area contributed by atoms with Crippen LogP contribution in [0.2, 0.25) is 0 Å². The van der Waals surface area contributed by atoms with Gasteiger partial charge in [-0.15, -0.1) is 0 Å². The maximum absolute atomic E-state index is 14.0. The third-order valence-corrected chi connectivity index (χ3v) is 6.86. The third kappa shape index (κ3) is 5.83. The van der Waals surface area contributed by atoms with Crippen molar-refractivity contribution in [3.63, 3.8) is 0 Å². The number of esters is 1. The van der Waals surface area contributed by atoms with Crippen molar-refractivity contribution in [2.75, 3.05) is 39.5 Å². The molecule has 1 saturated heterocycles. The second-order valence-corrected chi connectivity index (χ2v) is 9.35. The highest BCUT2D eigenvalue weighted by molar-refractivity contribution is 5.90. The highest BCUT2D eigenvalue weighted by Gasteiger charge is 2.32. The lowest BCUT2D eigenvalue weighted by Gasteiger charge is -2.28. The molecule has 5 nitrogen and oxygen atoms in total. The van der Waals surface area contributed by atoms with Gasteiger partial charge in [0.2, 0.25) is 0 Å². The highest BCUT2D eigenvalue weighted by Crippen LogP contribution is 2.41. The summed E-state index contributed by atoms with van der Waals surface area (Å²) in [6, 6.07) is 12.0. The van der Waals surface area contributed by atoms with E-state index in [0.717, 1.165) is 47.5 Å². The van der Waals surface area contributed by atoms with Crippen LogP contribution in [-0.4, -0.2) is 55.3 Å². The lowest BCUT2D eigenvalue weighted by Crippen LogP contribution is -2.38. The maximum atomic E-state index is 14.0. The molecular formula is C28H26F4N2O3. The Morgan fingerprint density at radius 3 is 2.65 bits per heavy atom. The number of pyridine rings is 1. The minimum Gasteiger partial charge on any atom is -0.460 e. The number of hydrogen-bond acceptors (Lipinski definition) is 5. The lowest BCUT2D eigenvalue weighted by molar-refractivity contribution is -0.137. The van der Waals surface area contributed by atoms with E-state index < -0.39 is 23.5 Å². The van der Waals surface area contributed by atoms with Crippen LogP contribution in [0.1, 0.15) is 38.7 Å². The molecule has 2 heterocycles. The Bertz CT molecular complexity index is 1290. The number of carbonyl (C=O) groups excluding carboxylic acids is 1. The third-order valence-electron chi connectivity index (χ3n) is 6.86. The molecule has 0 radical (unpaired) electrons. The number of rotatable bonds is 6. The van der Waals surface area contributed by atoms with Crippen molar-refractivity contribution in [3.05, 3.63) is 88.5 Å². The summed E-state index contributed by atoms with van der Waals surface area (Å²) in [5.41, 5.74) is 3.03. The van der Waals surface area contributed by atoms with Crippen LogP contribution < -0.4 is 0 Å². The second kappa shape index (κ2) is 10.6. The van der Waals surface area contributed by atoms with E-state index in [1.54, 1.807) is 12.3 Å². The van der Waals surface area contributed by atoms with Gasteiger partial charge in [-0.25, -0.2) is 14.2 Å². The quantitative estimate of drug-likeness (QED) is 0.331. The van der Waals surface area contributed by atoms with Crippen LogP contribution in [0.3, 0.4) is 0 Å². The van der Waals surface area contributed by atoms with Crippen LogP contribution in [0.25, 0.3) is 11.1 Å². The molecule has 37 heavy (non-hydrogen) atoms. The molecule has 3 aromatic rings. The zero-order valence-electron chi connectivity index (χ0n) is 20.1. The fourth-order valence-corrected chi connectivity index (χ4v) is 5.05. The Kier molecular flexibility index (Phi) is 7.26. The number of halogens is 4. The number of fused-ring (bicyclic) bond motifs is 3. The van der Waals surface area contributed by atoms with Gasteiger partial charge in [0.15, 0.2) is 0 Å². The Morgan fingerprint density at radius 2 is 1.86 bits per heavy atom. The van der Waals surface area contributed by atoms with Gasteiger partial charge in [-0.2, -0.15) is 13.2 Å². The van der Waals surface area contributed by atoms with E-state index in [4.69, 9.17) is 9.47 Å². The van der Waals surface area contributed by atoms with Crippen LogP contribution in [-0.2, 0) is 28.5 Å². The summed E-state index contributed by atoms with van der Waals surface area (Å²) >= 11 is 0. The summed E-state index contributed by atoms with van der Waals surface area (Å²) in [7, 11) is 0. The first kappa shape index (κ1) is 25.4. The Labute approximate surface area is 212 Å². The molecule has 0 amide bonds. The molecule has 9 heteroatoms. The van der Waals surface area contributed by atoms with Crippen molar-refractivity contribution >= 4 is 5.97 Å². The maximum Gasteiger partial charge on any atom is 0.416 e. The van der Waals surface area contributed by atoms with Gasteiger partial charge < -0.3 is 9.47 Å². The van der Waals surface area contributed by atoms with Gasteiger partial charge in [-0.05, 0) is 70.8 Å². The number of nitrogens with zero attached hydrogens (tertiary/aromatic N) is 2. The minimum absolute atomic E-state index is 0.167. The molecule has 5 rings (SSSR count). The van der Waals surface area contributed by atoms with E-state index in [1.807, 2.05) is 24.3 Å². The van der Waals surface area contributed by atoms with Crippen molar-refractivity contribution in [1.82, 2.24) is 9.88 Å². The van der Waals surface area contributed by atoms with Crippen LogP contribution in [0.15, 0.2) is 54.7 Å². The van der Waals surface area contributed by atoms with E-state index in [-0.39, 0.29) is 30.2 Å². The molecule has 0 N–H and O–H groups in total. The van der Waals surface area contributed by atoms with Gasteiger partial charge in [0, 0.05) is 25.8 Å². The van der Waals surface area contributed by atoms with E-state index >= 15 is 0 Å². The molecule has 1 aromatic heterocycles. The summed E-state index contributed by atoms with van der Waals surface area (Å²) in [6.07, 6.45) is -2.25. The van der Waals surface area contributed by atoms with Crippen LogP contribution in [0.5, 0.6) is 0 Å². The van der Waals surface area contributed by atoms with Crippen molar-refractivity contribution in [1.29, 1.82) is 0 Å². The number of alkyl halides is 3. The normalized spacial score (nSPS) is 17.7. The van der Waals surface area contributed by atoms with Crippen molar-refractivity contribution in [2.45, 2.75) is 24.9 Å². The summed E-state index contributed by atoms with van der Waals surface area (Å²) in [5, 5.41) is 0. The number of morpholine rings is 1. The van der Waals surface area contributed by atoms with Crippen LogP contribution in [0.4, 0.5) is 17.6 Å². The lowest BCUT2D eigenvalue weighted by atomic mass is 9.76. The smallest absolute Gasteiger partial charge is 0.416 e. The van der Waals surface area contributed by atoms with Gasteiger partial charge in [-0.1, -0.05) is 24.3 Å². The fraction of sp³-hybridized carbons (Fsp3) is 0.357. The summed E-state index contributed by atoms with van der Waals surface area (Å²) in [6.45, 7) is 3.83. The zero-order valence-corrected chi connectivity index (χ0v) is 20.1. The van der Waals surface area contributed by atoms with Crippen molar-refractivity contribution < 1.29 is 31.8 Å². The number of carbonyl (C=O) groups is 1. The molecule has 0 saturated carbocycles. The molecule has 1 aliphatic carbocycles. The highest BCUT2D eigenvalue weighted by atomic mass is 19.4. The van der Waals surface area contributed by atoms with E-state index in [2.05, 4.69) is 9.88 Å². The van der Waals surface area contributed by atoms with Gasteiger partial charge in [0.25, 0.3) is 0 Å². The SMILES string of the molecule is O=C(OCCN1CCOCC1)c1cc2c(cn1)CC(Cc1cc(F)cc(C(F)(F)F)c1)c1ccccc1-2. The van der Waals surface area contributed by atoms with Crippen molar-refractivity contribution in [2.24, 2.45) is 0 Å². The van der Waals surface area contributed by atoms with Crippen molar-refractivity contribution in [3.8, 4) is 11.1 Å². The first-order chi connectivity index (χ1) is 17.8. The average molecular weight is 515 g/mol. The largest absolute Gasteiger partial charge is 0.460 e. The predicted molar refractivity (Wildman–Crippen MR) is 129 cm³/mol. The van der Waals surface area contributed by atoms with Gasteiger partial charge in [0.05, 0.1) is 18.8 Å². The summed E-state index contributed by atoms with van der Waals surface area (Å²) in [5.74, 6) is -1.58. The minimum atomic E-state index is -4.62. The summed E-state index contributed by atoms with van der Waals surface area (Å²) < 4.78 is 64.4. The fourth-order valence-electron chi connectivity index (χ4n) is 5.05. The number of benzene rings is 2. The molecule has 194 valence electrons. The number of aromatic nitrogens is 1. The zero-order chi connectivity index (χ0) is 26.0. The topological polar surface area (TPSA) is 51.7 Å². The first-order valence-corrected chi connectivity index (χ1v) is 12.2. The standard InChI is InChI=1S/C28H26F4N2O3/c29-22-13-18(12-21(15-22)28(30,31)32)11-19-14-20-17-33-26(16-25(20)24-4-2-1-3-23(19)24)27(35)37-10-7-34-5-8-36-9-6-34/h1-4,12-13,15-17,19H,5-11,14H2. The molecule has 1 fully saturated rings.